The second kappa shape index (κ2) is 7.90. The fourth-order valence-electron chi connectivity index (χ4n) is 2.48. The molecule has 24 heavy (non-hydrogen) atoms. The Balaban J connectivity index is 1.55. The largest absolute Gasteiger partial charge is 0.484 e. The van der Waals surface area contributed by atoms with Crippen molar-refractivity contribution >= 4 is 29.3 Å². The van der Waals surface area contributed by atoms with E-state index in [1.54, 1.807) is 6.07 Å². The first-order valence-corrected chi connectivity index (χ1v) is 9.17. The SMILES string of the molecule is Cn1c(COc2ccccc2Cl)nnc1SCC(=O)N1CCCC1. The first-order valence-electron chi connectivity index (χ1n) is 7.81. The molecule has 2 aromatic rings. The van der Waals surface area contributed by atoms with Crippen LogP contribution in [0.3, 0.4) is 0 Å². The van der Waals surface area contributed by atoms with E-state index in [0.29, 0.717) is 27.5 Å². The number of ether oxygens (including phenoxy) is 1. The quantitative estimate of drug-likeness (QED) is 0.736. The highest BCUT2D eigenvalue weighted by Crippen LogP contribution is 2.24. The van der Waals surface area contributed by atoms with E-state index in [9.17, 15) is 4.79 Å². The third kappa shape index (κ3) is 4.02. The molecular formula is C16H19ClN4O2S. The van der Waals surface area contributed by atoms with Gasteiger partial charge in [0.25, 0.3) is 0 Å². The minimum atomic E-state index is 0.161. The van der Waals surface area contributed by atoms with Crippen LogP contribution in [0.25, 0.3) is 0 Å². The summed E-state index contributed by atoms with van der Waals surface area (Å²) in [6, 6.07) is 7.30. The lowest BCUT2D eigenvalue weighted by Crippen LogP contribution is -2.29. The molecule has 1 saturated heterocycles. The summed E-state index contributed by atoms with van der Waals surface area (Å²) in [7, 11) is 1.87. The van der Waals surface area contributed by atoms with Crippen LogP contribution in [0.5, 0.6) is 5.75 Å². The Hall–Kier alpha value is -1.73. The van der Waals surface area contributed by atoms with Crippen molar-refractivity contribution in [1.29, 1.82) is 0 Å². The fraction of sp³-hybridized carbons (Fsp3) is 0.438. The van der Waals surface area contributed by atoms with Crippen LogP contribution in [0.2, 0.25) is 5.02 Å². The Bertz CT molecular complexity index is 716. The van der Waals surface area contributed by atoms with Gasteiger partial charge in [-0.15, -0.1) is 10.2 Å². The van der Waals surface area contributed by atoms with Crippen LogP contribution in [0.1, 0.15) is 18.7 Å². The molecule has 8 heteroatoms. The highest BCUT2D eigenvalue weighted by atomic mass is 35.5. The maximum absolute atomic E-state index is 12.1. The maximum Gasteiger partial charge on any atom is 0.233 e. The Morgan fingerprint density at radius 1 is 1.29 bits per heavy atom. The predicted octanol–water partition coefficient (Wildman–Crippen LogP) is 2.76. The lowest BCUT2D eigenvalue weighted by molar-refractivity contribution is -0.127. The van der Waals surface area contributed by atoms with Crippen LogP contribution in [-0.4, -0.2) is 44.4 Å². The Morgan fingerprint density at radius 3 is 2.79 bits per heavy atom. The first-order chi connectivity index (χ1) is 11.6. The number of amides is 1. The molecule has 0 unspecified atom stereocenters. The number of para-hydroxylation sites is 1. The number of likely N-dealkylation sites (tertiary alicyclic amines) is 1. The summed E-state index contributed by atoms with van der Waals surface area (Å²) < 4.78 is 7.53. The van der Waals surface area contributed by atoms with Gasteiger partial charge in [0.05, 0.1) is 10.8 Å². The number of halogens is 1. The second-order valence-corrected chi connectivity index (χ2v) is 6.90. The lowest BCUT2D eigenvalue weighted by Gasteiger charge is -2.14. The molecule has 1 aliphatic rings. The van der Waals surface area contributed by atoms with Gasteiger partial charge in [0.1, 0.15) is 12.4 Å². The standard InChI is InChI=1S/C16H19ClN4O2S/c1-20-14(10-23-13-7-3-2-6-12(13)17)18-19-16(20)24-11-15(22)21-8-4-5-9-21/h2-3,6-7H,4-5,8-11H2,1H3. The lowest BCUT2D eigenvalue weighted by atomic mass is 10.3. The highest BCUT2D eigenvalue weighted by molar-refractivity contribution is 7.99. The van der Waals surface area contributed by atoms with Crippen LogP contribution in [0.15, 0.2) is 29.4 Å². The summed E-state index contributed by atoms with van der Waals surface area (Å²) in [5, 5.41) is 9.55. The van der Waals surface area contributed by atoms with E-state index >= 15 is 0 Å². The number of nitrogens with zero attached hydrogens (tertiary/aromatic N) is 4. The van der Waals surface area contributed by atoms with Crippen molar-refractivity contribution < 1.29 is 9.53 Å². The van der Waals surface area contributed by atoms with Crippen LogP contribution >= 0.6 is 23.4 Å². The molecule has 1 aliphatic heterocycles. The average Bonchev–Trinajstić information content (AvgIpc) is 3.23. The van der Waals surface area contributed by atoms with Gasteiger partial charge in [-0.25, -0.2) is 0 Å². The zero-order valence-electron chi connectivity index (χ0n) is 13.4. The average molecular weight is 367 g/mol. The topological polar surface area (TPSA) is 60.2 Å². The summed E-state index contributed by atoms with van der Waals surface area (Å²) in [4.78, 5) is 14.0. The summed E-state index contributed by atoms with van der Waals surface area (Å²) >= 11 is 7.47. The molecule has 0 N–H and O–H groups in total. The number of aromatic nitrogens is 3. The van der Waals surface area contributed by atoms with Crippen molar-refractivity contribution in [1.82, 2.24) is 19.7 Å². The number of hydrogen-bond acceptors (Lipinski definition) is 5. The predicted molar refractivity (Wildman–Crippen MR) is 93.3 cm³/mol. The monoisotopic (exact) mass is 366 g/mol. The molecule has 0 spiro atoms. The zero-order valence-corrected chi connectivity index (χ0v) is 15.0. The first kappa shape index (κ1) is 17.1. The molecule has 128 valence electrons. The van der Waals surface area contributed by atoms with Crippen molar-refractivity contribution in [3.05, 3.63) is 35.1 Å². The van der Waals surface area contributed by atoms with Crippen molar-refractivity contribution in [2.24, 2.45) is 7.05 Å². The van der Waals surface area contributed by atoms with Gasteiger partial charge < -0.3 is 14.2 Å². The molecule has 2 heterocycles. The van der Waals surface area contributed by atoms with E-state index in [-0.39, 0.29) is 12.5 Å². The van der Waals surface area contributed by atoms with E-state index in [4.69, 9.17) is 16.3 Å². The van der Waals surface area contributed by atoms with Crippen LogP contribution in [0, 0.1) is 0 Å². The Morgan fingerprint density at radius 2 is 2.04 bits per heavy atom. The van der Waals surface area contributed by atoms with Crippen LogP contribution in [-0.2, 0) is 18.4 Å². The van der Waals surface area contributed by atoms with Gasteiger partial charge in [0, 0.05) is 20.1 Å². The highest BCUT2D eigenvalue weighted by Gasteiger charge is 2.19. The number of hydrogen-bond donors (Lipinski definition) is 0. The van der Waals surface area contributed by atoms with Gasteiger partial charge in [-0.2, -0.15) is 0 Å². The molecule has 0 bridgehead atoms. The Labute approximate surface area is 150 Å². The van der Waals surface area contributed by atoms with Gasteiger partial charge >= 0.3 is 0 Å². The summed E-state index contributed by atoms with van der Waals surface area (Å²) in [6.45, 7) is 2.01. The molecular weight excluding hydrogens is 348 g/mol. The Kier molecular flexibility index (Phi) is 5.63. The molecule has 3 rings (SSSR count). The second-order valence-electron chi connectivity index (χ2n) is 5.55. The van der Waals surface area contributed by atoms with E-state index in [0.717, 1.165) is 25.9 Å². The van der Waals surface area contributed by atoms with Crippen molar-refractivity contribution in [2.75, 3.05) is 18.8 Å². The third-order valence-electron chi connectivity index (χ3n) is 3.90. The molecule has 1 aromatic carbocycles. The van der Waals surface area contributed by atoms with Gasteiger partial charge in [-0.1, -0.05) is 35.5 Å². The maximum atomic E-state index is 12.1. The molecule has 0 radical (unpaired) electrons. The number of thioether (sulfide) groups is 1. The van der Waals surface area contributed by atoms with Crippen LogP contribution in [0.4, 0.5) is 0 Å². The van der Waals surface area contributed by atoms with Crippen molar-refractivity contribution in [3.63, 3.8) is 0 Å². The van der Waals surface area contributed by atoms with Gasteiger partial charge in [-0.3, -0.25) is 4.79 Å². The third-order valence-corrected chi connectivity index (χ3v) is 5.22. The number of rotatable bonds is 6. The number of carbonyl (C=O) groups excluding carboxylic acids is 1. The smallest absolute Gasteiger partial charge is 0.233 e. The van der Waals surface area contributed by atoms with E-state index in [1.165, 1.54) is 11.8 Å². The fourth-order valence-corrected chi connectivity index (χ4v) is 3.51. The normalized spacial score (nSPS) is 14.2. The zero-order chi connectivity index (χ0) is 16.9. The molecule has 1 amide bonds. The van der Waals surface area contributed by atoms with Crippen molar-refractivity contribution in [2.45, 2.75) is 24.6 Å². The molecule has 0 atom stereocenters. The van der Waals surface area contributed by atoms with E-state index in [1.807, 2.05) is 34.7 Å². The van der Waals surface area contributed by atoms with Crippen LogP contribution < -0.4 is 4.74 Å². The minimum Gasteiger partial charge on any atom is -0.484 e. The number of carbonyl (C=O) groups is 1. The molecule has 1 aromatic heterocycles. The van der Waals surface area contributed by atoms with Gasteiger partial charge in [0.2, 0.25) is 5.91 Å². The molecule has 0 saturated carbocycles. The minimum absolute atomic E-state index is 0.161. The molecule has 6 nitrogen and oxygen atoms in total. The summed E-state index contributed by atoms with van der Waals surface area (Å²) in [5.41, 5.74) is 0. The van der Waals surface area contributed by atoms with E-state index < -0.39 is 0 Å². The molecule has 1 fully saturated rings. The molecule has 0 aliphatic carbocycles. The van der Waals surface area contributed by atoms with Gasteiger partial charge in [0.15, 0.2) is 11.0 Å². The van der Waals surface area contributed by atoms with Gasteiger partial charge in [-0.05, 0) is 25.0 Å². The summed E-state index contributed by atoms with van der Waals surface area (Å²) in [6.07, 6.45) is 2.20. The number of benzene rings is 1. The van der Waals surface area contributed by atoms with Crippen molar-refractivity contribution in [3.8, 4) is 5.75 Å². The summed E-state index contributed by atoms with van der Waals surface area (Å²) in [5.74, 6) is 1.85. The van der Waals surface area contributed by atoms with E-state index in [2.05, 4.69) is 10.2 Å².